The number of aryl methyl sites for hydroxylation is 1. The minimum Gasteiger partial charge on any atom is -0.489 e. The summed E-state index contributed by atoms with van der Waals surface area (Å²) < 4.78 is 12.0. The molecule has 35 heavy (non-hydrogen) atoms. The number of nitrogens with zero attached hydrogens (tertiary/aromatic N) is 1. The van der Waals surface area contributed by atoms with Crippen molar-refractivity contribution in [3.05, 3.63) is 109 Å². The van der Waals surface area contributed by atoms with Gasteiger partial charge in [-0.15, -0.1) is 11.3 Å². The van der Waals surface area contributed by atoms with Crippen molar-refractivity contribution in [3.8, 4) is 11.5 Å². The molecule has 4 rings (SSSR count). The van der Waals surface area contributed by atoms with E-state index in [1.165, 1.54) is 11.3 Å². The minimum absolute atomic E-state index is 0.226. The molecule has 0 aliphatic rings. The van der Waals surface area contributed by atoms with Crippen LogP contribution in [-0.2, 0) is 13.2 Å². The summed E-state index contributed by atoms with van der Waals surface area (Å²) in [5, 5.41) is 1.48. The number of ether oxygens (including phenoxy) is 2. The molecule has 180 valence electrons. The first kappa shape index (κ1) is 25.2. The van der Waals surface area contributed by atoms with Gasteiger partial charge >= 0.3 is 0 Å². The number of hydrogen-bond donors (Lipinski definition) is 2. The summed E-state index contributed by atoms with van der Waals surface area (Å²) in [6.07, 6.45) is -0.700. The SMILES string of the molecule is Cc1nc(C(=O)c2cc(OCc3ccccc3Cl)cc(OCc3ccccc3Cl)c2)sc1C(N)N. The highest BCUT2D eigenvalue weighted by atomic mass is 35.5. The molecule has 0 fully saturated rings. The first-order valence-corrected chi connectivity index (χ1v) is 12.3. The van der Waals surface area contributed by atoms with E-state index in [-0.39, 0.29) is 19.0 Å². The zero-order chi connectivity index (χ0) is 24.9. The number of halogens is 2. The normalized spacial score (nSPS) is 11.0. The second-order valence-corrected chi connectivity index (χ2v) is 9.62. The molecule has 0 bridgehead atoms. The number of carbonyl (C=O) groups excluding carboxylic acids is 1. The number of nitrogens with two attached hydrogens (primary N) is 2. The molecule has 9 heteroatoms. The van der Waals surface area contributed by atoms with Gasteiger partial charge in [-0.3, -0.25) is 4.79 Å². The Morgan fingerprint density at radius 2 is 1.43 bits per heavy atom. The minimum atomic E-state index is -0.700. The average Bonchev–Trinajstić information content (AvgIpc) is 3.24. The Bertz CT molecular complexity index is 1290. The van der Waals surface area contributed by atoms with Crippen LogP contribution in [-0.4, -0.2) is 10.8 Å². The lowest BCUT2D eigenvalue weighted by molar-refractivity contribution is 0.103. The summed E-state index contributed by atoms with van der Waals surface area (Å²) in [5.41, 5.74) is 14.2. The van der Waals surface area contributed by atoms with Gasteiger partial charge in [-0.2, -0.15) is 0 Å². The van der Waals surface area contributed by atoms with E-state index in [0.29, 0.717) is 42.7 Å². The molecule has 0 spiro atoms. The highest BCUT2D eigenvalue weighted by molar-refractivity contribution is 7.14. The van der Waals surface area contributed by atoms with Crippen LogP contribution in [0.2, 0.25) is 10.0 Å². The Morgan fingerprint density at radius 1 is 0.914 bits per heavy atom. The quantitative estimate of drug-likeness (QED) is 0.202. The van der Waals surface area contributed by atoms with Crippen molar-refractivity contribution in [3.63, 3.8) is 0 Å². The maximum Gasteiger partial charge on any atom is 0.221 e. The first-order valence-electron chi connectivity index (χ1n) is 10.7. The van der Waals surface area contributed by atoms with Crippen molar-refractivity contribution in [1.29, 1.82) is 0 Å². The van der Waals surface area contributed by atoms with E-state index in [4.69, 9.17) is 44.1 Å². The molecule has 0 aliphatic carbocycles. The van der Waals surface area contributed by atoms with Crippen LogP contribution in [0.25, 0.3) is 0 Å². The van der Waals surface area contributed by atoms with Gasteiger partial charge in [0.25, 0.3) is 0 Å². The molecule has 0 atom stereocenters. The van der Waals surface area contributed by atoms with E-state index in [9.17, 15) is 4.79 Å². The van der Waals surface area contributed by atoms with Gasteiger partial charge in [-0.1, -0.05) is 59.6 Å². The van der Waals surface area contributed by atoms with Crippen molar-refractivity contribution < 1.29 is 14.3 Å². The topological polar surface area (TPSA) is 100 Å². The van der Waals surface area contributed by atoms with Gasteiger partial charge in [0.1, 0.15) is 24.7 Å². The van der Waals surface area contributed by atoms with Gasteiger partial charge in [0.05, 0.1) is 16.7 Å². The standard InChI is InChI=1S/C26H23Cl2N3O3S/c1-15-24(25(29)30)35-26(31-15)23(32)18-10-19(33-13-16-6-2-4-8-21(16)27)12-20(11-18)34-14-17-7-3-5-9-22(17)28/h2-12,25H,13-14,29-30H2,1H3. The van der Waals surface area contributed by atoms with Gasteiger partial charge in [0.15, 0.2) is 5.01 Å². The van der Waals surface area contributed by atoms with Crippen molar-refractivity contribution in [2.45, 2.75) is 26.3 Å². The molecule has 0 amide bonds. The number of hydrogen-bond acceptors (Lipinski definition) is 7. The zero-order valence-electron chi connectivity index (χ0n) is 18.8. The molecule has 6 nitrogen and oxygen atoms in total. The Balaban J connectivity index is 1.63. The molecule has 3 aromatic carbocycles. The van der Waals surface area contributed by atoms with Crippen LogP contribution >= 0.6 is 34.5 Å². The van der Waals surface area contributed by atoms with E-state index in [1.54, 1.807) is 37.3 Å². The van der Waals surface area contributed by atoms with E-state index in [1.807, 2.05) is 36.4 Å². The Labute approximate surface area is 217 Å². The number of ketones is 1. The van der Waals surface area contributed by atoms with Crippen LogP contribution in [0.3, 0.4) is 0 Å². The molecular weight excluding hydrogens is 505 g/mol. The summed E-state index contributed by atoms with van der Waals surface area (Å²) in [7, 11) is 0. The van der Waals surface area contributed by atoms with Gasteiger partial charge in [0, 0.05) is 32.8 Å². The van der Waals surface area contributed by atoms with Gasteiger partial charge in [-0.05, 0) is 31.2 Å². The summed E-state index contributed by atoms with van der Waals surface area (Å²) >= 11 is 13.7. The van der Waals surface area contributed by atoms with E-state index < -0.39 is 6.17 Å². The summed E-state index contributed by atoms with van der Waals surface area (Å²) in [6.45, 7) is 2.23. The molecule has 0 saturated heterocycles. The number of thiazole rings is 1. The highest BCUT2D eigenvalue weighted by Gasteiger charge is 2.20. The summed E-state index contributed by atoms with van der Waals surface area (Å²) in [6, 6.07) is 19.8. The van der Waals surface area contributed by atoms with Gasteiger partial charge < -0.3 is 20.9 Å². The van der Waals surface area contributed by atoms with E-state index >= 15 is 0 Å². The predicted molar refractivity (Wildman–Crippen MR) is 139 cm³/mol. The average molecular weight is 528 g/mol. The largest absolute Gasteiger partial charge is 0.489 e. The third-order valence-corrected chi connectivity index (χ3v) is 7.17. The smallest absolute Gasteiger partial charge is 0.221 e. The van der Waals surface area contributed by atoms with Crippen molar-refractivity contribution in [2.75, 3.05) is 0 Å². The summed E-state index contributed by atoms with van der Waals surface area (Å²) in [4.78, 5) is 18.3. The van der Waals surface area contributed by atoms with Crippen molar-refractivity contribution in [1.82, 2.24) is 4.98 Å². The van der Waals surface area contributed by atoms with E-state index in [0.717, 1.165) is 11.1 Å². The molecular formula is C26H23Cl2N3O3S. The van der Waals surface area contributed by atoms with Crippen LogP contribution < -0.4 is 20.9 Å². The number of benzene rings is 3. The van der Waals surface area contributed by atoms with E-state index in [2.05, 4.69) is 4.98 Å². The third-order valence-electron chi connectivity index (χ3n) is 5.18. The van der Waals surface area contributed by atoms with Crippen LogP contribution in [0.4, 0.5) is 0 Å². The first-order chi connectivity index (χ1) is 16.8. The molecule has 4 aromatic rings. The third kappa shape index (κ3) is 6.20. The lowest BCUT2D eigenvalue weighted by atomic mass is 10.1. The maximum absolute atomic E-state index is 13.3. The molecule has 4 N–H and O–H groups in total. The highest BCUT2D eigenvalue weighted by Crippen LogP contribution is 2.30. The Hall–Kier alpha value is -2.94. The lowest BCUT2D eigenvalue weighted by Crippen LogP contribution is -2.19. The van der Waals surface area contributed by atoms with Gasteiger partial charge in [0.2, 0.25) is 5.78 Å². The monoisotopic (exact) mass is 527 g/mol. The van der Waals surface area contributed by atoms with Crippen molar-refractivity contribution in [2.24, 2.45) is 11.5 Å². The number of carbonyl (C=O) groups is 1. The van der Waals surface area contributed by atoms with Crippen LogP contribution in [0.5, 0.6) is 11.5 Å². The number of aromatic nitrogens is 1. The fraction of sp³-hybridized carbons (Fsp3) is 0.154. The number of rotatable bonds is 9. The van der Waals surface area contributed by atoms with Crippen LogP contribution in [0.1, 0.15) is 43.2 Å². The molecule has 1 aromatic heterocycles. The van der Waals surface area contributed by atoms with Crippen molar-refractivity contribution >= 4 is 40.3 Å². The van der Waals surface area contributed by atoms with Crippen LogP contribution in [0, 0.1) is 6.92 Å². The summed E-state index contributed by atoms with van der Waals surface area (Å²) in [5.74, 6) is 0.624. The molecule has 0 saturated carbocycles. The molecule has 1 heterocycles. The second kappa shape index (κ2) is 11.2. The Kier molecular flexibility index (Phi) is 8.05. The molecule has 0 unspecified atom stereocenters. The fourth-order valence-electron chi connectivity index (χ4n) is 3.36. The second-order valence-electron chi connectivity index (χ2n) is 7.78. The van der Waals surface area contributed by atoms with Crippen LogP contribution in [0.15, 0.2) is 66.7 Å². The Morgan fingerprint density at radius 3 is 1.89 bits per heavy atom. The maximum atomic E-state index is 13.3. The molecule has 0 aliphatic heterocycles. The zero-order valence-corrected chi connectivity index (χ0v) is 21.2. The van der Waals surface area contributed by atoms with Gasteiger partial charge in [-0.25, -0.2) is 4.98 Å². The lowest BCUT2D eigenvalue weighted by Gasteiger charge is -2.13. The predicted octanol–water partition coefficient (Wildman–Crippen LogP) is 6.06. The fourth-order valence-corrected chi connectivity index (χ4v) is 4.67. The molecule has 0 radical (unpaired) electrons.